The molecule has 0 aliphatic carbocycles. The lowest BCUT2D eigenvalue weighted by molar-refractivity contribution is -0.116. The van der Waals surface area contributed by atoms with E-state index in [9.17, 15) is 9.90 Å². The number of nitrogens with two attached hydrogens (primary N) is 1. The van der Waals surface area contributed by atoms with Crippen molar-refractivity contribution in [1.29, 1.82) is 0 Å². The Morgan fingerprint density at radius 2 is 2.05 bits per heavy atom. The smallest absolute Gasteiger partial charge is 0.236 e. The Labute approximate surface area is 114 Å². The fraction of sp³-hybridized carbons (Fsp3) is 0.500. The highest BCUT2D eigenvalue weighted by Crippen LogP contribution is 2.35. The van der Waals surface area contributed by atoms with Gasteiger partial charge in [-0.15, -0.1) is 0 Å². The molecule has 0 unspecified atom stereocenters. The number of nitrogens with zero attached hydrogens (tertiary/aromatic N) is 1. The largest absolute Gasteiger partial charge is 0.496 e. The fourth-order valence-electron chi connectivity index (χ4n) is 2.09. The molecular formula is C14H22N2O3. The van der Waals surface area contributed by atoms with Gasteiger partial charge in [-0.3, -0.25) is 4.79 Å². The predicted molar refractivity (Wildman–Crippen MR) is 75.3 cm³/mol. The van der Waals surface area contributed by atoms with Gasteiger partial charge in [0.05, 0.1) is 19.8 Å². The predicted octanol–water partition coefficient (Wildman–Crippen LogP) is 1.45. The van der Waals surface area contributed by atoms with Gasteiger partial charge in [0.25, 0.3) is 0 Å². The lowest BCUT2D eigenvalue weighted by Crippen LogP contribution is -2.39. The molecule has 0 aliphatic rings. The van der Waals surface area contributed by atoms with Gasteiger partial charge < -0.3 is 20.5 Å². The molecule has 1 aromatic carbocycles. The summed E-state index contributed by atoms with van der Waals surface area (Å²) in [5.41, 5.74) is 6.72. The van der Waals surface area contributed by atoms with Crippen molar-refractivity contribution in [1.82, 2.24) is 0 Å². The third kappa shape index (κ3) is 3.61. The van der Waals surface area contributed by atoms with Crippen LogP contribution in [0.4, 0.5) is 5.69 Å². The first-order valence-electron chi connectivity index (χ1n) is 6.28. The summed E-state index contributed by atoms with van der Waals surface area (Å²) in [5.74, 6) is 0.190. The molecular weight excluding hydrogens is 244 g/mol. The Bertz CT molecular complexity index is 444. The van der Waals surface area contributed by atoms with Gasteiger partial charge in [-0.05, 0) is 32.9 Å². The first kappa shape index (κ1) is 15.3. The molecule has 0 aromatic heterocycles. The van der Waals surface area contributed by atoms with Gasteiger partial charge in [0, 0.05) is 17.3 Å². The summed E-state index contributed by atoms with van der Waals surface area (Å²) in [6.45, 7) is 5.71. The quantitative estimate of drug-likeness (QED) is 0.817. The van der Waals surface area contributed by atoms with Crippen molar-refractivity contribution >= 4 is 11.6 Å². The van der Waals surface area contributed by atoms with Crippen molar-refractivity contribution < 1.29 is 14.6 Å². The highest BCUT2D eigenvalue weighted by atomic mass is 16.5. The summed E-state index contributed by atoms with van der Waals surface area (Å²) in [7, 11) is 1.55. The van der Waals surface area contributed by atoms with Crippen LogP contribution in [0.3, 0.4) is 0 Å². The van der Waals surface area contributed by atoms with Crippen molar-refractivity contribution in [3.8, 4) is 5.75 Å². The lowest BCUT2D eigenvalue weighted by Gasteiger charge is -2.31. The highest BCUT2D eigenvalue weighted by Gasteiger charge is 2.21. The maximum absolute atomic E-state index is 11.2. The van der Waals surface area contributed by atoms with Crippen LogP contribution in [0.1, 0.15) is 32.4 Å². The second-order valence-corrected chi connectivity index (χ2v) is 4.76. The van der Waals surface area contributed by atoms with Crippen LogP contribution < -0.4 is 15.4 Å². The molecule has 0 aliphatic heterocycles. The van der Waals surface area contributed by atoms with Gasteiger partial charge in [0.15, 0.2) is 0 Å². The second-order valence-electron chi connectivity index (χ2n) is 4.76. The van der Waals surface area contributed by atoms with E-state index in [2.05, 4.69) is 0 Å². The van der Waals surface area contributed by atoms with E-state index in [1.807, 2.05) is 30.9 Å². The average Bonchev–Trinajstić information content (AvgIpc) is 2.34. The zero-order valence-corrected chi connectivity index (χ0v) is 11.9. The van der Waals surface area contributed by atoms with E-state index in [-0.39, 0.29) is 12.6 Å². The minimum atomic E-state index is -0.694. The summed E-state index contributed by atoms with van der Waals surface area (Å²) in [5, 5.41) is 9.96. The van der Waals surface area contributed by atoms with E-state index < -0.39 is 12.0 Å². The fourth-order valence-corrected chi connectivity index (χ4v) is 2.09. The number of carbonyl (C=O) groups excluding carboxylic acids is 1. The molecule has 0 saturated carbocycles. The SMILES string of the molecule is COc1cccc(N(CC(N)=O)C(C)C)c1[C@@H](C)O. The van der Waals surface area contributed by atoms with Crippen LogP contribution in [0.5, 0.6) is 5.75 Å². The molecule has 0 fully saturated rings. The zero-order valence-electron chi connectivity index (χ0n) is 11.9. The van der Waals surface area contributed by atoms with Crippen LogP contribution >= 0.6 is 0 Å². The van der Waals surface area contributed by atoms with Crippen molar-refractivity contribution in [2.75, 3.05) is 18.6 Å². The van der Waals surface area contributed by atoms with Crippen molar-refractivity contribution in [2.45, 2.75) is 32.9 Å². The molecule has 5 nitrogen and oxygen atoms in total. The van der Waals surface area contributed by atoms with Gasteiger partial charge in [0.1, 0.15) is 5.75 Å². The summed E-state index contributed by atoms with van der Waals surface area (Å²) in [6.07, 6.45) is -0.694. The molecule has 19 heavy (non-hydrogen) atoms. The Kier molecular flexibility index (Phi) is 5.18. The number of carbonyl (C=O) groups is 1. The van der Waals surface area contributed by atoms with Gasteiger partial charge >= 0.3 is 0 Å². The molecule has 1 rings (SSSR count). The zero-order chi connectivity index (χ0) is 14.6. The number of ether oxygens (including phenoxy) is 1. The van der Waals surface area contributed by atoms with Crippen LogP contribution in [-0.4, -0.2) is 30.7 Å². The number of hydrogen-bond donors (Lipinski definition) is 2. The number of amides is 1. The van der Waals surface area contributed by atoms with E-state index in [1.54, 1.807) is 20.1 Å². The first-order valence-corrected chi connectivity index (χ1v) is 6.28. The minimum Gasteiger partial charge on any atom is -0.496 e. The van der Waals surface area contributed by atoms with Crippen molar-refractivity contribution in [3.63, 3.8) is 0 Å². The van der Waals surface area contributed by atoms with E-state index in [1.165, 1.54) is 0 Å². The van der Waals surface area contributed by atoms with Gasteiger partial charge in [-0.25, -0.2) is 0 Å². The summed E-state index contributed by atoms with van der Waals surface area (Å²) >= 11 is 0. The second kappa shape index (κ2) is 6.43. The van der Waals surface area contributed by atoms with Crippen LogP contribution in [0, 0.1) is 0 Å². The molecule has 1 aromatic rings. The molecule has 0 bridgehead atoms. The van der Waals surface area contributed by atoms with Crippen molar-refractivity contribution in [2.24, 2.45) is 5.73 Å². The van der Waals surface area contributed by atoms with Gasteiger partial charge in [-0.1, -0.05) is 6.07 Å². The molecule has 106 valence electrons. The number of anilines is 1. The maximum atomic E-state index is 11.2. The number of rotatable bonds is 6. The van der Waals surface area contributed by atoms with Crippen LogP contribution in [0.25, 0.3) is 0 Å². The Hall–Kier alpha value is -1.75. The van der Waals surface area contributed by atoms with E-state index >= 15 is 0 Å². The third-order valence-electron chi connectivity index (χ3n) is 2.94. The van der Waals surface area contributed by atoms with Crippen LogP contribution in [0.15, 0.2) is 18.2 Å². The molecule has 0 saturated heterocycles. The standard InChI is InChI=1S/C14H22N2O3/c1-9(2)16(8-13(15)18)11-6-5-7-12(19-4)14(11)10(3)17/h5-7,9-10,17H,8H2,1-4H3,(H2,15,18)/t10-/m1/s1. The third-order valence-corrected chi connectivity index (χ3v) is 2.94. The number of aliphatic hydroxyl groups is 1. The molecule has 0 radical (unpaired) electrons. The molecule has 0 spiro atoms. The average molecular weight is 266 g/mol. The van der Waals surface area contributed by atoms with Gasteiger partial charge in [0.2, 0.25) is 5.91 Å². The Morgan fingerprint density at radius 3 is 2.47 bits per heavy atom. The summed E-state index contributed by atoms with van der Waals surface area (Å²) in [4.78, 5) is 13.1. The summed E-state index contributed by atoms with van der Waals surface area (Å²) < 4.78 is 5.28. The number of aliphatic hydroxyl groups excluding tert-OH is 1. The van der Waals surface area contributed by atoms with Gasteiger partial charge in [-0.2, -0.15) is 0 Å². The Balaban J connectivity index is 3.33. The topological polar surface area (TPSA) is 75.8 Å². The molecule has 1 amide bonds. The highest BCUT2D eigenvalue weighted by molar-refractivity contribution is 5.80. The van der Waals surface area contributed by atoms with E-state index in [0.717, 1.165) is 5.69 Å². The monoisotopic (exact) mass is 266 g/mol. The van der Waals surface area contributed by atoms with E-state index in [0.29, 0.717) is 11.3 Å². The lowest BCUT2D eigenvalue weighted by atomic mass is 10.0. The van der Waals surface area contributed by atoms with E-state index in [4.69, 9.17) is 10.5 Å². The van der Waals surface area contributed by atoms with Crippen molar-refractivity contribution in [3.05, 3.63) is 23.8 Å². The molecule has 3 N–H and O–H groups in total. The number of methoxy groups -OCH3 is 1. The summed E-state index contributed by atoms with van der Waals surface area (Å²) in [6, 6.07) is 5.55. The number of hydrogen-bond acceptors (Lipinski definition) is 4. The maximum Gasteiger partial charge on any atom is 0.236 e. The van der Waals surface area contributed by atoms with Crippen LogP contribution in [0.2, 0.25) is 0 Å². The first-order chi connectivity index (χ1) is 8.88. The molecule has 5 heteroatoms. The molecule has 1 atom stereocenters. The number of benzene rings is 1. The molecule has 0 heterocycles. The normalized spacial score (nSPS) is 12.3. The minimum absolute atomic E-state index is 0.0807. The Morgan fingerprint density at radius 1 is 1.42 bits per heavy atom. The van der Waals surface area contributed by atoms with Crippen LogP contribution in [-0.2, 0) is 4.79 Å². The number of primary amides is 1.